The minimum absolute atomic E-state index is 0.200. The van der Waals surface area contributed by atoms with E-state index >= 15 is 0 Å². The maximum absolute atomic E-state index is 11.2. The third-order valence-electron chi connectivity index (χ3n) is 3.02. The van der Waals surface area contributed by atoms with Crippen molar-refractivity contribution in [2.45, 2.75) is 20.8 Å². The monoisotopic (exact) mass is 329 g/mol. The number of hydrogen-bond donors (Lipinski definition) is 1. The van der Waals surface area contributed by atoms with Crippen molar-refractivity contribution in [3.8, 4) is 5.75 Å². The lowest BCUT2D eigenvalue weighted by Crippen LogP contribution is -2.28. The van der Waals surface area contributed by atoms with E-state index < -0.39 is 5.97 Å². The molecule has 0 saturated heterocycles. The average Bonchev–Trinajstić information content (AvgIpc) is 2.36. The van der Waals surface area contributed by atoms with Crippen molar-refractivity contribution in [1.82, 2.24) is 4.90 Å². The van der Waals surface area contributed by atoms with Crippen molar-refractivity contribution in [2.24, 2.45) is 0 Å². The Morgan fingerprint density at radius 1 is 1.37 bits per heavy atom. The van der Waals surface area contributed by atoms with Gasteiger partial charge in [0.2, 0.25) is 0 Å². The molecule has 0 spiro atoms. The molecule has 1 N–H and O–H groups in total. The van der Waals surface area contributed by atoms with Gasteiger partial charge in [0, 0.05) is 11.0 Å². The summed E-state index contributed by atoms with van der Waals surface area (Å²) in [7, 11) is 0. The van der Waals surface area contributed by atoms with Crippen molar-refractivity contribution in [2.75, 3.05) is 26.2 Å². The zero-order valence-corrected chi connectivity index (χ0v) is 13.2. The number of benzene rings is 1. The summed E-state index contributed by atoms with van der Waals surface area (Å²) in [6.07, 6.45) is 0. The number of aromatic carboxylic acids is 1. The first-order chi connectivity index (χ1) is 8.99. The highest BCUT2D eigenvalue weighted by molar-refractivity contribution is 9.10. The molecule has 0 aliphatic heterocycles. The molecule has 5 heteroatoms. The first-order valence-electron chi connectivity index (χ1n) is 6.38. The fourth-order valence-electron chi connectivity index (χ4n) is 1.90. The van der Waals surface area contributed by atoms with Gasteiger partial charge in [-0.3, -0.25) is 0 Å². The van der Waals surface area contributed by atoms with E-state index in [1.165, 1.54) is 0 Å². The lowest BCUT2D eigenvalue weighted by Gasteiger charge is -2.19. The minimum atomic E-state index is -0.970. The Kier molecular flexibility index (Phi) is 6.31. The number of halogens is 1. The normalized spacial score (nSPS) is 10.8. The van der Waals surface area contributed by atoms with Crippen LogP contribution >= 0.6 is 15.9 Å². The molecule has 19 heavy (non-hydrogen) atoms. The van der Waals surface area contributed by atoms with Gasteiger partial charge in [-0.2, -0.15) is 0 Å². The molecule has 0 atom stereocenters. The lowest BCUT2D eigenvalue weighted by atomic mass is 10.1. The lowest BCUT2D eigenvalue weighted by molar-refractivity contribution is 0.0691. The number of hydrogen-bond acceptors (Lipinski definition) is 3. The predicted octanol–water partition coefficient (Wildman–Crippen LogP) is 3.18. The van der Waals surface area contributed by atoms with Crippen LogP contribution in [0.15, 0.2) is 16.6 Å². The van der Waals surface area contributed by atoms with Gasteiger partial charge >= 0.3 is 5.97 Å². The van der Waals surface area contributed by atoms with E-state index in [0.717, 1.165) is 29.7 Å². The Balaban J connectivity index is 2.80. The van der Waals surface area contributed by atoms with E-state index in [4.69, 9.17) is 4.74 Å². The summed E-state index contributed by atoms with van der Waals surface area (Å²) in [5.41, 5.74) is 1.03. The molecule has 0 aliphatic rings. The molecule has 0 radical (unpaired) electrons. The third-order valence-corrected chi connectivity index (χ3v) is 3.48. The molecule has 0 heterocycles. The summed E-state index contributed by atoms with van der Waals surface area (Å²) in [4.78, 5) is 13.5. The molecule has 0 fully saturated rings. The topological polar surface area (TPSA) is 49.8 Å². The van der Waals surface area contributed by atoms with Gasteiger partial charge in [-0.15, -0.1) is 0 Å². The van der Waals surface area contributed by atoms with Crippen LogP contribution in [-0.2, 0) is 0 Å². The molecule has 1 aromatic carbocycles. The van der Waals surface area contributed by atoms with Crippen LogP contribution in [0.2, 0.25) is 0 Å². The Morgan fingerprint density at radius 3 is 2.53 bits per heavy atom. The fraction of sp³-hybridized carbons (Fsp3) is 0.500. The van der Waals surface area contributed by atoms with Gasteiger partial charge in [-0.1, -0.05) is 29.8 Å². The number of aryl methyl sites for hydroxylation is 1. The molecule has 4 nitrogen and oxygen atoms in total. The smallest absolute Gasteiger partial charge is 0.339 e. The summed E-state index contributed by atoms with van der Waals surface area (Å²) in [6.45, 7) is 9.25. The second-order valence-electron chi connectivity index (χ2n) is 4.28. The van der Waals surface area contributed by atoms with Gasteiger partial charge in [0.25, 0.3) is 0 Å². The van der Waals surface area contributed by atoms with Crippen molar-refractivity contribution < 1.29 is 14.6 Å². The number of carbonyl (C=O) groups is 1. The largest absolute Gasteiger partial charge is 0.491 e. The molecule has 0 unspecified atom stereocenters. The van der Waals surface area contributed by atoms with E-state index in [-0.39, 0.29) is 5.56 Å². The van der Waals surface area contributed by atoms with Gasteiger partial charge in [-0.25, -0.2) is 4.79 Å². The summed E-state index contributed by atoms with van der Waals surface area (Å²) >= 11 is 3.30. The van der Waals surface area contributed by atoms with Crippen LogP contribution < -0.4 is 4.74 Å². The van der Waals surface area contributed by atoms with Crippen LogP contribution in [0.3, 0.4) is 0 Å². The zero-order chi connectivity index (χ0) is 14.4. The first kappa shape index (κ1) is 16.0. The summed E-state index contributed by atoms with van der Waals surface area (Å²) < 4.78 is 6.42. The molecule has 0 amide bonds. The highest BCUT2D eigenvalue weighted by Gasteiger charge is 2.15. The number of rotatable bonds is 7. The van der Waals surface area contributed by atoms with Gasteiger partial charge in [0.1, 0.15) is 17.9 Å². The third kappa shape index (κ3) is 4.51. The summed E-state index contributed by atoms with van der Waals surface area (Å²) in [5, 5.41) is 9.20. The summed E-state index contributed by atoms with van der Waals surface area (Å²) in [6, 6.07) is 3.43. The van der Waals surface area contributed by atoms with Gasteiger partial charge in [0.15, 0.2) is 0 Å². The first-order valence-corrected chi connectivity index (χ1v) is 7.17. The molecule has 0 aliphatic carbocycles. The molecule has 106 valence electrons. The Labute approximate surface area is 122 Å². The Bertz CT molecular complexity index is 445. The molecule has 0 saturated carbocycles. The summed E-state index contributed by atoms with van der Waals surface area (Å²) in [5.74, 6) is -0.509. The van der Waals surface area contributed by atoms with Crippen LogP contribution in [0.1, 0.15) is 29.8 Å². The van der Waals surface area contributed by atoms with Gasteiger partial charge < -0.3 is 14.7 Å². The number of ether oxygens (including phenoxy) is 1. The minimum Gasteiger partial charge on any atom is -0.491 e. The van der Waals surface area contributed by atoms with E-state index in [1.807, 2.05) is 13.0 Å². The van der Waals surface area contributed by atoms with Gasteiger partial charge in [0.05, 0.1) is 0 Å². The number of likely N-dealkylation sites (N-methyl/N-ethyl adjacent to an activating group) is 1. The Hall–Kier alpha value is -1.07. The van der Waals surface area contributed by atoms with Crippen LogP contribution in [0, 0.1) is 6.92 Å². The number of nitrogens with zero attached hydrogens (tertiary/aromatic N) is 1. The molecular weight excluding hydrogens is 310 g/mol. The SMILES string of the molecule is CCN(CC)CCOc1c(C)cc(Br)cc1C(=O)O. The molecule has 1 rings (SSSR count). The maximum Gasteiger partial charge on any atom is 0.339 e. The van der Waals surface area contributed by atoms with Crippen molar-refractivity contribution in [3.05, 3.63) is 27.7 Å². The van der Waals surface area contributed by atoms with Crippen molar-refractivity contribution >= 4 is 21.9 Å². The van der Waals surface area contributed by atoms with Crippen LogP contribution in [-0.4, -0.2) is 42.2 Å². The highest BCUT2D eigenvalue weighted by atomic mass is 79.9. The fourth-order valence-corrected chi connectivity index (χ4v) is 2.47. The van der Waals surface area contributed by atoms with E-state index in [0.29, 0.717) is 12.4 Å². The van der Waals surface area contributed by atoms with Crippen molar-refractivity contribution in [3.63, 3.8) is 0 Å². The maximum atomic E-state index is 11.2. The second-order valence-corrected chi connectivity index (χ2v) is 5.20. The van der Waals surface area contributed by atoms with E-state index in [1.54, 1.807) is 6.07 Å². The standard InChI is InChI=1S/C14H20BrNO3/c1-4-16(5-2)6-7-19-13-10(3)8-11(15)9-12(13)14(17)18/h8-9H,4-7H2,1-3H3,(H,17,18). The van der Waals surface area contributed by atoms with Gasteiger partial charge in [-0.05, 0) is 37.7 Å². The quantitative estimate of drug-likeness (QED) is 0.834. The second kappa shape index (κ2) is 7.50. The number of carboxylic acids is 1. The zero-order valence-electron chi connectivity index (χ0n) is 11.6. The van der Waals surface area contributed by atoms with E-state index in [2.05, 4.69) is 34.7 Å². The average molecular weight is 330 g/mol. The van der Waals surface area contributed by atoms with Crippen LogP contribution in [0.25, 0.3) is 0 Å². The molecule has 0 aromatic heterocycles. The van der Waals surface area contributed by atoms with E-state index in [9.17, 15) is 9.90 Å². The molecule has 1 aromatic rings. The predicted molar refractivity (Wildman–Crippen MR) is 79.1 cm³/mol. The molecular formula is C14H20BrNO3. The molecule has 0 bridgehead atoms. The van der Waals surface area contributed by atoms with Crippen LogP contribution in [0.5, 0.6) is 5.75 Å². The Morgan fingerprint density at radius 2 is 2.00 bits per heavy atom. The van der Waals surface area contributed by atoms with Crippen molar-refractivity contribution in [1.29, 1.82) is 0 Å². The highest BCUT2D eigenvalue weighted by Crippen LogP contribution is 2.28. The number of carboxylic acid groups (broad SMARTS) is 1. The van der Waals surface area contributed by atoms with Crippen LogP contribution in [0.4, 0.5) is 0 Å².